The van der Waals surface area contributed by atoms with Gasteiger partial charge in [-0.15, -0.1) is 0 Å². The number of rotatable bonds is 34. The van der Waals surface area contributed by atoms with E-state index in [-0.39, 0.29) is 62.8 Å². The first kappa shape index (κ1) is 53.8. The van der Waals surface area contributed by atoms with E-state index >= 15 is 0 Å². The van der Waals surface area contributed by atoms with Crippen LogP contribution in [0.25, 0.3) is 0 Å². The van der Waals surface area contributed by atoms with Crippen LogP contribution in [0, 0.1) is 11.8 Å². The molecule has 0 spiro atoms. The smallest absolute Gasteiger partial charge is 0.726 e. The van der Waals surface area contributed by atoms with Crippen LogP contribution in [-0.2, 0) is 29.2 Å². The van der Waals surface area contributed by atoms with Crippen molar-refractivity contribution in [2.24, 2.45) is 11.8 Å². The molecule has 0 aliphatic rings. The molecular weight excluding hydrogens is 689 g/mol. The second kappa shape index (κ2) is 39.7. The van der Waals surface area contributed by atoms with Crippen LogP contribution >= 0.6 is 0 Å². The average molecular weight is 763 g/mol. The standard InChI is InChI=1S/2C19H38O4S.Ca/c2*1-3-5-7-9-10-11-12-13-15-17-19(16-14-8-6-4-2)18-23-24(20,21)22;/h2*15,17,19H,3-14,16,18H2,1-2H3,(H,20,21,22);/q;;+2/p-2/b2*17-15+;. The molecule has 2 atom stereocenters. The topological polar surface area (TPSA) is 133 Å². The molecule has 0 aromatic rings. The van der Waals surface area contributed by atoms with Gasteiger partial charge in [-0.3, -0.25) is 8.37 Å². The third kappa shape index (κ3) is 48.5. The Bertz CT molecular complexity index is 863. The Morgan fingerprint density at radius 2 is 0.714 bits per heavy atom. The van der Waals surface area contributed by atoms with E-state index in [1.807, 2.05) is 12.2 Å². The number of unbranched alkanes of at least 4 members (excludes halogenated alkanes) is 20. The van der Waals surface area contributed by atoms with E-state index in [1.54, 1.807) is 0 Å². The summed E-state index contributed by atoms with van der Waals surface area (Å²) in [6, 6.07) is 0. The molecule has 0 N–H and O–H groups in total. The molecule has 0 saturated heterocycles. The van der Waals surface area contributed by atoms with Crippen molar-refractivity contribution in [2.45, 2.75) is 195 Å². The Labute approximate surface area is 334 Å². The summed E-state index contributed by atoms with van der Waals surface area (Å²) in [6.07, 6.45) is 39.2. The number of allylic oxidation sites excluding steroid dienone is 2. The Hall–Kier alpha value is 0.480. The van der Waals surface area contributed by atoms with Crippen LogP contribution in [0.15, 0.2) is 24.3 Å². The zero-order chi connectivity index (χ0) is 36.2. The second-order valence-corrected chi connectivity index (χ2v) is 15.4. The Morgan fingerprint density at radius 1 is 0.449 bits per heavy atom. The molecule has 0 fully saturated rings. The molecule has 0 heterocycles. The van der Waals surface area contributed by atoms with Gasteiger partial charge in [0.2, 0.25) is 20.8 Å². The van der Waals surface area contributed by atoms with Crippen LogP contribution in [0.5, 0.6) is 0 Å². The van der Waals surface area contributed by atoms with Crippen molar-refractivity contribution >= 4 is 58.5 Å². The van der Waals surface area contributed by atoms with Gasteiger partial charge in [-0.25, -0.2) is 16.8 Å². The molecule has 0 amide bonds. The van der Waals surface area contributed by atoms with Gasteiger partial charge in [0.1, 0.15) is 0 Å². The zero-order valence-corrected chi connectivity index (χ0v) is 35.9. The molecule has 0 rings (SSSR count). The summed E-state index contributed by atoms with van der Waals surface area (Å²) in [5.74, 6) is 0.0465. The molecule has 0 bridgehead atoms. The minimum atomic E-state index is -4.59. The average Bonchev–Trinajstić information content (AvgIpc) is 3.03. The summed E-state index contributed by atoms with van der Waals surface area (Å²) in [4.78, 5) is 0. The van der Waals surface area contributed by atoms with Gasteiger partial charge in [-0.1, -0.05) is 180 Å². The van der Waals surface area contributed by atoms with Crippen LogP contribution in [0.1, 0.15) is 195 Å². The fourth-order valence-corrected chi connectivity index (χ4v) is 6.18. The summed E-state index contributed by atoms with van der Waals surface area (Å²) >= 11 is 0. The monoisotopic (exact) mass is 762 g/mol. The molecule has 0 aliphatic heterocycles. The SMILES string of the molecule is CCCCCCCCC/C=C/C(CCCCCC)COS(=O)(=O)[O-].CCCCCCCCC/C=C/C(CCCCCC)COS(=O)(=O)[O-].[Ca+2]. The van der Waals surface area contributed by atoms with E-state index in [9.17, 15) is 25.9 Å². The molecular formula is C38H74CaO8S2. The van der Waals surface area contributed by atoms with Crippen LogP contribution in [-0.4, -0.2) is 76.9 Å². The van der Waals surface area contributed by atoms with Crippen molar-refractivity contribution in [3.63, 3.8) is 0 Å². The molecule has 0 aromatic heterocycles. The molecule has 8 nitrogen and oxygen atoms in total. The van der Waals surface area contributed by atoms with Crippen molar-refractivity contribution in [3.05, 3.63) is 24.3 Å². The first-order valence-electron chi connectivity index (χ1n) is 19.5. The Kier molecular flexibility index (Phi) is 43.6. The van der Waals surface area contributed by atoms with Gasteiger partial charge in [-0.2, -0.15) is 0 Å². The molecule has 2 unspecified atom stereocenters. The van der Waals surface area contributed by atoms with E-state index in [0.717, 1.165) is 51.4 Å². The van der Waals surface area contributed by atoms with Crippen molar-refractivity contribution in [3.8, 4) is 0 Å². The predicted molar refractivity (Wildman–Crippen MR) is 205 cm³/mol. The molecule has 49 heavy (non-hydrogen) atoms. The first-order valence-corrected chi connectivity index (χ1v) is 22.2. The van der Waals surface area contributed by atoms with Crippen LogP contribution in [0.4, 0.5) is 0 Å². The second-order valence-electron chi connectivity index (χ2n) is 13.3. The Balaban J connectivity index is -0.000000846. The van der Waals surface area contributed by atoms with Gasteiger partial charge < -0.3 is 9.11 Å². The fourth-order valence-electron chi connectivity index (χ4n) is 5.49. The summed E-state index contributed by atoms with van der Waals surface area (Å²) in [5.41, 5.74) is 0. The summed E-state index contributed by atoms with van der Waals surface area (Å²) in [7, 11) is -9.18. The number of hydrogen-bond donors (Lipinski definition) is 0. The number of hydrogen-bond acceptors (Lipinski definition) is 8. The molecule has 0 saturated carbocycles. The quantitative estimate of drug-likeness (QED) is 0.0208. The first-order chi connectivity index (χ1) is 23.0. The van der Waals surface area contributed by atoms with Crippen LogP contribution in [0.3, 0.4) is 0 Å². The minimum Gasteiger partial charge on any atom is -0.726 e. The molecule has 0 aromatic carbocycles. The van der Waals surface area contributed by atoms with Crippen molar-refractivity contribution in [1.29, 1.82) is 0 Å². The van der Waals surface area contributed by atoms with Crippen molar-refractivity contribution in [2.75, 3.05) is 13.2 Å². The zero-order valence-electron chi connectivity index (χ0n) is 32.1. The summed E-state index contributed by atoms with van der Waals surface area (Å²) in [6.45, 7) is 8.73. The van der Waals surface area contributed by atoms with E-state index in [2.05, 4.69) is 48.2 Å². The van der Waals surface area contributed by atoms with Crippen LogP contribution < -0.4 is 0 Å². The normalized spacial score (nSPS) is 13.3. The van der Waals surface area contributed by atoms with Crippen molar-refractivity contribution < 1.29 is 34.3 Å². The molecule has 0 radical (unpaired) electrons. The van der Waals surface area contributed by atoms with Gasteiger partial charge in [0.15, 0.2) is 0 Å². The van der Waals surface area contributed by atoms with Gasteiger partial charge >= 0.3 is 37.7 Å². The van der Waals surface area contributed by atoms with Gasteiger partial charge in [0.05, 0.1) is 13.2 Å². The summed E-state index contributed by atoms with van der Waals surface area (Å²) in [5, 5.41) is 0. The maximum absolute atomic E-state index is 10.6. The summed E-state index contributed by atoms with van der Waals surface area (Å²) < 4.78 is 72.7. The maximum atomic E-state index is 10.6. The van der Waals surface area contributed by atoms with E-state index < -0.39 is 20.8 Å². The third-order valence-corrected chi connectivity index (χ3v) is 9.32. The predicted octanol–water partition coefficient (Wildman–Crippen LogP) is 11.1. The van der Waals surface area contributed by atoms with E-state index in [4.69, 9.17) is 0 Å². The van der Waals surface area contributed by atoms with Crippen LogP contribution in [0.2, 0.25) is 0 Å². The fraction of sp³-hybridized carbons (Fsp3) is 0.895. The maximum Gasteiger partial charge on any atom is 2.00 e. The van der Waals surface area contributed by atoms with Gasteiger partial charge in [0, 0.05) is 11.8 Å². The molecule has 11 heteroatoms. The largest absolute Gasteiger partial charge is 2.00 e. The molecule has 288 valence electrons. The Morgan fingerprint density at radius 3 is 1.00 bits per heavy atom. The molecule has 0 aliphatic carbocycles. The van der Waals surface area contributed by atoms with Gasteiger partial charge in [-0.05, 0) is 38.5 Å². The third-order valence-electron chi connectivity index (χ3n) is 8.48. The van der Waals surface area contributed by atoms with Gasteiger partial charge in [0.25, 0.3) is 0 Å². The van der Waals surface area contributed by atoms with Crippen molar-refractivity contribution in [1.82, 2.24) is 0 Å². The van der Waals surface area contributed by atoms with E-state index in [0.29, 0.717) is 0 Å². The minimum absolute atomic E-state index is 0. The van der Waals surface area contributed by atoms with E-state index in [1.165, 1.54) is 116 Å².